The van der Waals surface area contributed by atoms with Crippen molar-refractivity contribution in [3.63, 3.8) is 0 Å². The number of amides is 1. The first-order valence-electron chi connectivity index (χ1n) is 8.58. The van der Waals surface area contributed by atoms with Crippen molar-refractivity contribution in [1.82, 2.24) is 19.9 Å². The summed E-state index contributed by atoms with van der Waals surface area (Å²) in [7, 11) is 0. The highest BCUT2D eigenvalue weighted by molar-refractivity contribution is 7.99. The number of carbonyl (C=O) groups is 1. The molecule has 25 heavy (non-hydrogen) atoms. The Balaban J connectivity index is 1.89. The molecular weight excluding hydrogens is 358 g/mol. The first-order chi connectivity index (χ1) is 12.0. The van der Waals surface area contributed by atoms with Crippen LogP contribution in [0.2, 0.25) is 0 Å². The average molecular weight is 382 g/mol. The number of thioether (sulfide) groups is 1. The number of nitrogens with zero attached hydrogens (tertiary/aromatic N) is 4. The van der Waals surface area contributed by atoms with Gasteiger partial charge in [0.15, 0.2) is 15.9 Å². The second kappa shape index (κ2) is 7.74. The van der Waals surface area contributed by atoms with E-state index >= 15 is 0 Å². The second-order valence-corrected chi connectivity index (χ2v) is 8.22. The van der Waals surface area contributed by atoms with E-state index < -0.39 is 0 Å². The predicted octanol–water partition coefficient (Wildman–Crippen LogP) is 2.09. The number of hydrogen-bond donors (Lipinski definition) is 1. The van der Waals surface area contributed by atoms with Gasteiger partial charge in [-0.1, -0.05) is 23.1 Å². The number of nitrogens with one attached hydrogen (secondary N) is 1. The Bertz CT molecular complexity index is 824. The lowest BCUT2D eigenvalue weighted by Gasteiger charge is -2.11. The van der Waals surface area contributed by atoms with E-state index in [2.05, 4.69) is 20.2 Å². The first-order valence-corrected chi connectivity index (χ1v) is 10.4. The maximum atomic E-state index is 12.8. The maximum Gasteiger partial charge on any atom is 0.273 e. The summed E-state index contributed by atoms with van der Waals surface area (Å²) >= 11 is 2.71. The molecular formula is C16H23N5O2S2. The minimum absolute atomic E-state index is 0.0620. The molecule has 2 aromatic heterocycles. The van der Waals surface area contributed by atoms with Crippen LogP contribution in [0.15, 0.2) is 9.95 Å². The van der Waals surface area contributed by atoms with Gasteiger partial charge in [0, 0.05) is 25.7 Å². The zero-order valence-electron chi connectivity index (χ0n) is 14.7. The van der Waals surface area contributed by atoms with Crippen LogP contribution in [0.4, 0.5) is 5.13 Å². The van der Waals surface area contributed by atoms with Gasteiger partial charge >= 0.3 is 0 Å². The molecule has 0 atom stereocenters. The number of aromatic nitrogens is 3. The maximum absolute atomic E-state index is 12.8. The van der Waals surface area contributed by atoms with Crippen LogP contribution in [-0.4, -0.2) is 45.3 Å². The lowest BCUT2D eigenvalue weighted by molar-refractivity contribution is -0.119. The van der Waals surface area contributed by atoms with Crippen molar-refractivity contribution in [3.8, 4) is 0 Å². The van der Waals surface area contributed by atoms with Gasteiger partial charge in [0.25, 0.3) is 5.56 Å². The highest BCUT2D eigenvalue weighted by Crippen LogP contribution is 2.29. The van der Waals surface area contributed by atoms with Crippen molar-refractivity contribution in [1.29, 1.82) is 0 Å². The van der Waals surface area contributed by atoms with Gasteiger partial charge in [-0.05, 0) is 33.6 Å². The number of anilines is 1. The number of hydrogen-bond acceptors (Lipinski definition) is 7. The van der Waals surface area contributed by atoms with Crippen LogP contribution in [0.25, 0.3) is 10.3 Å². The molecule has 9 heteroatoms. The van der Waals surface area contributed by atoms with Crippen LogP contribution < -0.4 is 15.8 Å². The van der Waals surface area contributed by atoms with Crippen LogP contribution in [0.1, 0.15) is 33.6 Å². The normalized spacial score (nSPS) is 14.6. The Morgan fingerprint density at radius 1 is 1.32 bits per heavy atom. The standard InChI is InChI=1S/C16H23N5O2S2/c1-4-21-14(23)12-13(18-15(25-12)20-7-5-6-8-20)19-16(21)24-9-11(22)17-10(2)3/h10H,4-9H2,1-3H3,(H,17,22). The van der Waals surface area contributed by atoms with Crippen LogP contribution in [-0.2, 0) is 11.3 Å². The molecule has 0 aromatic carbocycles. The Morgan fingerprint density at radius 3 is 2.68 bits per heavy atom. The molecule has 1 fully saturated rings. The number of thiazole rings is 1. The second-order valence-electron chi connectivity index (χ2n) is 6.30. The van der Waals surface area contributed by atoms with Crippen LogP contribution >= 0.6 is 23.1 Å². The molecule has 1 amide bonds. The third-order valence-electron chi connectivity index (χ3n) is 3.94. The summed E-state index contributed by atoms with van der Waals surface area (Å²) in [5.41, 5.74) is 0.426. The lowest BCUT2D eigenvalue weighted by Crippen LogP contribution is -2.32. The molecule has 1 saturated heterocycles. The molecule has 1 aliphatic heterocycles. The molecule has 136 valence electrons. The topological polar surface area (TPSA) is 80.1 Å². The first kappa shape index (κ1) is 18.2. The van der Waals surface area contributed by atoms with E-state index in [0.29, 0.717) is 22.0 Å². The minimum atomic E-state index is -0.0674. The highest BCUT2D eigenvalue weighted by Gasteiger charge is 2.20. The van der Waals surface area contributed by atoms with Crippen molar-refractivity contribution >= 4 is 44.5 Å². The third-order valence-corrected chi connectivity index (χ3v) is 6.01. The highest BCUT2D eigenvalue weighted by atomic mass is 32.2. The van der Waals surface area contributed by atoms with E-state index in [1.54, 1.807) is 4.57 Å². The number of fused-ring (bicyclic) bond motifs is 1. The molecule has 2 aromatic rings. The summed E-state index contributed by atoms with van der Waals surface area (Å²) in [5, 5.41) is 4.28. The van der Waals surface area contributed by atoms with Crippen molar-refractivity contribution in [2.75, 3.05) is 23.7 Å². The summed E-state index contributed by atoms with van der Waals surface area (Å²) in [6.07, 6.45) is 2.32. The number of carbonyl (C=O) groups excluding carboxylic acids is 1. The van der Waals surface area contributed by atoms with Crippen LogP contribution in [0, 0.1) is 0 Å². The molecule has 1 aliphatic rings. The Morgan fingerprint density at radius 2 is 2.04 bits per heavy atom. The molecule has 0 saturated carbocycles. The van der Waals surface area contributed by atoms with E-state index in [9.17, 15) is 9.59 Å². The fraction of sp³-hybridized carbons (Fsp3) is 0.625. The molecule has 3 heterocycles. The molecule has 0 aliphatic carbocycles. The van der Waals surface area contributed by atoms with Crippen LogP contribution in [0.3, 0.4) is 0 Å². The molecule has 0 spiro atoms. The van der Waals surface area contributed by atoms with Gasteiger partial charge in [-0.2, -0.15) is 4.98 Å². The van der Waals surface area contributed by atoms with Gasteiger partial charge in [-0.15, -0.1) is 0 Å². The van der Waals surface area contributed by atoms with Gasteiger partial charge in [0.2, 0.25) is 5.91 Å². The average Bonchev–Trinajstić information content (AvgIpc) is 3.21. The Labute approximate surface area is 154 Å². The predicted molar refractivity (Wildman–Crippen MR) is 103 cm³/mol. The van der Waals surface area contributed by atoms with E-state index in [4.69, 9.17) is 0 Å². The van der Waals surface area contributed by atoms with Gasteiger partial charge in [0.05, 0.1) is 5.75 Å². The van der Waals surface area contributed by atoms with Crippen molar-refractivity contribution < 1.29 is 4.79 Å². The van der Waals surface area contributed by atoms with E-state index in [0.717, 1.165) is 31.1 Å². The zero-order chi connectivity index (χ0) is 18.0. The van der Waals surface area contributed by atoms with Crippen molar-refractivity contribution in [2.24, 2.45) is 0 Å². The quantitative estimate of drug-likeness (QED) is 0.610. The summed E-state index contributed by atoms with van der Waals surface area (Å²) in [4.78, 5) is 36.0. The van der Waals surface area contributed by atoms with E-state index in [1.165, 1.54) is 23.1 Å². The van der Waals surface area contributed by atoms with E-state index in [1.807, 2.05) is 20.8 Å². The summed E-state index contributed by atoms with van der Waals surface area (Å²) in [6, 6.07) is 0.0958. The summed E-state index contributed by atoms with van der Waals surface area (Å²) in [6.45, 7) is 8.24. The molecule has 0 bridgehead atoms. The van der Waals surface area contributed by atoms with Crippen LogP contribution in [0.5, 0.6) is 0 Å². The Kier molecular flexibility index (Phi) is 5.63. The van der Waals surface area contributed by atoms with Crippen molar-refractivity contribution in [3.05, 3.63) is 10.4 Å². The van der Waals surface area contributed by atoms with Gasteiger partial charge in [-0.25, -0.2) is 4.98 Å². The van der Waals surface area contributed by atoms with Crippen molar-refractivity contribution in [2.45, 2.75) is 51.4 Å². The fourth-order valence-corrected chi connectivity index (χ4v) is 4.67. The summed E-state index contributed by atoms with van der Waals surface area (Å²) in [5.74, 6) is 0.173. The smallest absolute Gasteiger partial charge is 0.273 e. The summed E-state index contributed by atoms with van der Waals surface area (Å²) < 4.78 is 2.22. The zero-order valence-corrected chi connectivity index (χ0v) is 16.4. The van der Waals surface area contributed by atoms with Gasteiger partial charge < -0.3 is 10.2 Å². The molecule has 0 radical (unpaired) electrons. The van der Waals surface area contributed by atoms with Gasteiger partial charge in [-0.3, -0.25) is 14.2 Å². The number of rotatable bonds is 6. The molecule has 7 nitrogen and oxygen atoms in total. The molecule has 1 N–H and O–H groups in total. The largest absolute Gasteiger partial charge is 0.353 e. The molecule has 0 unspecified atom stereocenters. The minimum Gasteiger partial charge on any atom is -0.353 e. The van der Waals surface area contributed by atoms with Gasteiger partial charge in [0.1, 0.15) is 4.70 Å². The SMILES string of the molecule is CCn1c(SCC(=O)NC(C)C)nc2nc(N3CCCC3)sc2c1=O. The van der Waals surface area contributed by atoms with E-state index in [-0.39, 0.29) is 23.3 Å². The monoisotopic (exact) mass is 381 g/mol. The Hall–Kier alpha value is -1.61. The fourth-order valence-electron chi connectivity index (χ4n) is 2.80. The lowest BCUT2D eigenvalue weighted by atomic mass is 10.4. The molecule has 3 rings (SSSR count). The third kappa shape index (κ3) is 3.98.